The van der Waals surface area contributed by atoms with Crippen LogP contribution in [0.2, 0.25) is 0 Å². The van der Waals surface area contributed by atoms with Gasteiger partial charge in [-0.05, 0) is 44.0 Å². The first-order valence-corrected chi connectivity index (χ1v) is 6.48. The molecule has 5 nitrogen and oxygen atoms in total. The van der Waals surface area contributed by atoms with Crippen LogP contribution in [0.4, 0.5) is 4.79 Å². The highest BCUT2D eigenvalue weighted by atomic mass is 16.6. The number of carbonyl (C=O) groups excluding carboxylic acids is 1. The van der Waals surface area contributed by atoms with E-state index in [1.165, 1.54) is 0 Å². The fourth-order valence-corrected chi connectivity index (χ4v) is 2.32. The summed E-state index contributed by atoms with van der Waals surface area (Å²) in [6.45, 7) is 3.62. The highest BCUT2D eigenvalue weighted by Crippen LogP contribution is 2.28. The SMILES string of the molecule is CC1(CCCN)CN(Cc2ccc(O)cc2)C(=O)O1. The van der Waals surface area contributed by atoms with Crippen molar-refractivity contribution in [3.05, 3.63) is 29.8 Å². The van der Waals surface area contributed by atoms with E-state index in [2.05, 4.69) is 0 Å². The summed E-state index contributed by atoms with van der Waals surface area (Å²) in [6, 6.07) is 6.84. The van der Waals surface area contributed by atoms with Crippen LogP contribution in [0.1, 0.15) is 25.3 Å². The van der Waals surface area contributed by atoms with E-state index in [1.807, 2.05) is 6.92 Å². The minimum absolute atomic E-state index is 0.223. The molecule has 0 aliphatic carbocycles. The maximum absolute atomic E-state index is 11.8. The van der Waals surface area contributed by atoms with E-state index < -0.39 is 5.60 Å². The first-order chi connectivity index (χ1) is 9.02. The van der Waals surface area contributed by atoms with Gasteiger partial charge in [0.05, 0.1) is 6.54 Å². The molecule has 19 heavy (non-hydrogen) atoms. The average molecular weight is 264 g/mol. The molecule has 104 valence electrons. The van der Waals surface area contributed by atoms with Crippen molar-refractivity contribution >= 4 is 6.09 Å². The number of cyclic esters (lactones) is 1. The molecule has 1 heterocycles. The standard InChI is InChI=1S/C14H20N2O3/c1-14(7-2-8-15)10-16(13(18)19-14)9-11-3-5-12(17)6-4-11/h3-6,17H,2,7-10,15H2,1H3. The summed E-state index contributed by atoms with van der Waals surface area (Å²) in [7, 11) is 0. The van der Waals surface area contributed by atoms with Crippen molar-refractivity contribution in [2.24, 2.45) is 5.73 Å². The third kappa shape index (κ3) is 3.38. The minimum Gasteiger partial charge on any atom is -0.508 e. The van der Waals surface area contributed by atoms with Crippen molar-refractivity contribution in [2.75, 3.05) is 13.1 Å². The second-order valence-corrected chi connectivity index (χ2v) is 5.23. The van der Waals surface area contributed by atoms with Gasteiger partial charge in [-0.2, -0.15) is 0 Å². The Kier molecular flexibility index (Phi) is 3.95. The Morgan fingerprint density at radius 1 is 1.42 bits per heavy atom. The second kappa shape index (κ2) is 5.48. The molecule has 1 saturated heterocycles. The van der Waals surface area contributed by atoms with Crippen molar-refractivity contribution in [1.29, 1.82) is 0 Å². The number of carbonyl (C=O) groups is 1. The number of rotatable bonds is 5. The van der Waals surface area contributed by atoms with E-state index in [4.69, 9.17) is 10.5 Å². The number of phenols is 1. The second-order valence-electron chi connectivity index (χ2n) is 5.23. The fourth-order valence-electron chi connectivity index (χ4n) is 2.32. The topological polar surface area (TPSA) is 75.8 Å². The van der Waals surface area contributed by atoms with E-state index in [9.17, 15) is 9.90 Å². The van der Waals surface area contributed by atoms with Crippen LogP contribution >= 0.6 is 0 Å². The van der Waals surface area contributed by atoms with Crippen LogP contribution in [0.25, 0.3) is 0 Å². The van der Waals surface area contributed by atoms with Crippen molar-refractivity contribution in [3.63, 3.8) is 0 Å². The summed E-state index contributed by atoms with van der Waals surface area (Å²) in [5, 5.41) is 9.23. The number of benzene rings is 1. The highest BCUT2D eigenvalue weighted by Gasteiger charge is 2.40. The van der Waals surface area contributed by atoms with Crippen LogP contribution in [0.3, 0.4) is 0 Å². The maximum Gasteiger partial charge on any atom is 0.410 e. The zero-order chi connectivity index (χ0) is 13.9. The lowest BCUT2D eigenvalue weighted by Gasteiger charge is -2.21. The average Bonchev–Trinajstić information content (AvgIpc) is 2.65. The zero-order valence-corrected chi connectivity index (χ0v) is 11.1. The van der Waals surface area contributed by atoms with Gasteiger partial charge in [-0.1, -0.05) is 12.1 Å². The number of nitrogens with zero attached hydrogens (tertiary/aromatic N) is 1. The zero-order valence-electron chi connectivity index (χ0n) is 11.1. The first-order valence-electron chi connectivity index (χ1n) is 6.48. The monoisotopic (exact) mass is 264 g/mol. The van der Waals surface area contributed by atoms with E-state index in [-0.39, 0.29) is 11.8 Å². The van der Waals surface area contributed by atoms with Crippen molar-refractivity contribution in [1.82, 2.24) is 4.90 Å². The molecular formula is C14H20N2O3. The quantitative estimate of drug-likeness (QED) is 0.851. The van der Waals surface area contributed by atoms with Crippen LogP contribution in [-0.2, 0) is 11.3 Å². The van der Waals surface area contributed by atoms with Gasteiger partial charge in [-0.3, -0.25) is 4.90 Å². The smallest absolute Gasteiger partial charge is 0.410 e. The number of amides is 1. The highest BCUT2D eigenvalue weighted by molar-refractivity contribution is 5.70. The largest absolute Gasteiger partial charge is 0.508 e. The third-order valence-corrected chi connectivity index (χ3v) is 3.34. The molecule has 1 fully saturated rings. The molecule has 0 saturated carbocycles. The molecule has 0 radical (unpaired) electrons. The predicted molar refractivity (Wildman–Crippen MR) is 71.7 cm³/mol. The van der Waals surface area contributed by atoms with Gasteiger partial charge >= 0.3 is 6.09 Å². The summed E-state index contributed by atoms with van der Waals surface area (Å²) in [4.78, 5) is 13.5. The number of nitrogens with two attached hydrogens (primary N) is 1. The molecule has 5 heteroatoms. The number of phenolic OH excluding ortho intramolecular Hbond substituents is 1. The van der Waals surface area contributed by atoms with E-state index in [0.717, 1.165) is 18.4 Å². The summed E-state index contributed by atoms with van der Waals surface area (Å²) < 4.78 is 5.44. The molecule has 0 bridgehead atoms. The molecule has 1 aliphatic heterocycles. The molecule has 1 aromatic carbocycles. The lowest BCUT2D eigenvalue weighted by molar-refractivity contribution is 0.0638. The Balaban J connectivity index is 1.98. The molecule has 1 atom stereocenters. The van der Waals surface area contributed by atoms with Crippen LogP contribution in [0.15, 0.2) is 24.3 Å². The first kappa shape index (κ1) is 13.7. The Morgan fingerprint density at radius 3 is 2.74 bits per heavy atom. The molecular weight excluding hydrogens is 244 g/mol. The Morgan fingerprint density at radius 2 is 2.11 bits per heavy atom. The normalized spacial score (nSPS) is 22.6. The molecule has 1 aromatic rings. The molecule has 0 aromatic heterocycles. The van der Waals surface area contributed by atoms with Gasteiger partial charge in [-0.15, -0.1) is 0 Å². The van der Waals surface area contributed by atoms with Crippen LogP contribution < -0.4 is 5.73 Å². The van der Waals surface area contributed by atoms with Crippen molar-refractivity contribution in [3.8, 4) is 5.75 Å². The van der Waals surface area contributed by atoms with Gasteiger partial charge in [0, 0.05) is 6.54 Å². The van der Waals surface area contributed by atoms with Gasteiger partial charge in [0.25, 0.3) is 0 Å². The van der Waals surface area contributed by atoms with Gasteiger partial charge in [0.1, 0.15) is 11.4 Å². The molecule has 2 rings (SSSR count). The maximum atomic E-state index is 11.8. The molecule has 0 spiro atoms. The lowest BCUT2D eigenvalue weighted by atomic mass is 10.00. The third-order valence-electron chi connectivity index (χ3n) is 3.34. The van der Waals surface area contributed by atoms with Gasteiger partial charge < -0.3 is 15.6 Å². The van der Waals surface area contributed by atoms with E-state index in [1.54, 1.807) is 29.2 Å². The summed E-state index contributed by atoms with van der Waals surface area (Å²) >= 11 is 0. The molecule has 1 amide bonds. The fraction of sp³-hybridized carbons (Fsp3) is 0.500. The van der Waals surface area contributed by atoms with Gasteiger partial charge in [-0.25, -0.2) is 4.79 Å². The van der Waals surface area contributed by atoms with Crippen LogP contribution in [0, 0.1) is 0 Å². The summed E-state index contributed by atoms with van der Waals surface area (Å²) in [5.41, 5.74) is 6.03. The molecule has 1 unspecified atom stereocenters. The van der Waals surface area contributed by atoms with Crippen LogP contribution in [0.5, 0.6) is 5.75 Å². The molecule has 3 N–H and O–H groups in total. The predicted octanol–water partition coefficient (Wildman–Crippen LogP) is 1.84. The van der Waals surface area contributed by atoms with E-state index >= 15 is 0 Å². The Bertz CT molecular complexity index is 447. The van der Waals surface area contributed by atoms with E-state index in [0.29, 0.717) is 19.6 Å². The van der Waals surface area contributed by atoms with Crippen molar-refractivity contribution < 1.29 is 14.6 Å². The number of hydrogen-bond donors (Lipinski definition) is 2. The van der Waals surface area contributed by atoms with Gasteiger partial charge in [0.2, 0.25) is 0 Å². The Labute approximate surface area is 113 Å². The summed E-state index contributed by atoms with van der Waals surface area (Å²) in [5.74, 6) is 0.223. The minimum atomic E-state index is -0.437. The summed E-state index contributed by atoms with van der Waals surface area (Å²) in [6.07, 6.45) is 1.34. The molecule has 1 aliphatic rings. The Hall–Kier alpha value is -1.75. The lowest BCUT2D eigenvalue weighted by Crippen LogP contribution is -2.31. The van der Waals surface area contributed by atoms with Gasteiger partial charge in [0.15, 0.2) is 0 Å². The number of hydrogen-bond acceptors (Lipinski definition) is 4. The van der Waals surface area contributed by atoms with Crippen molar-refractivity contribution in [2.45, 2.75) is 31.9 Å². The van der Waals surface area contributed by atoms with Crippen LogP contribution in [-0.4, -0.2) is 34.8 Å². The number of ether oxygens (including phenoxy) is 1. The number of aromatic hydroxyl groups is 1.